The molecule has 0 radical (unpaired) electrons. The van der Waals surface area contributed by atoms with Gasteiger partial charge in [-0.05, 0) is 64.1 Å². The predicted molar refractivity (Wildman–Crippen MR) is 127 cm³/mol. The third-order valence-electron chi connectivity index (χ3n) is 4.62. The van der Waals surface area contributed by atoms with Gasteiger partial charge in [0.25, 0.3) is 5.91 Å². The number of hydrogen-bond acceptors (Lipinski definition) is 7. The van der Waals surface area contributed by atoms with Gasteiger partial charge in [0.05, 0.1) is 13.7 Å². The molecule has 0 saturated carbocycles. The monoisotopic (exact) mass is 492 g/mol. The zero-order valence-corrected chi connectivity index (χ0v) is 20.9. The summed E-state index contributed by atoms with van der Waals surface area (Å²) in [6, 6.07) is 7.83. The number of sulfonamides is 1. The molecule has 0 aliphatic carbocycles. The van der Waals surface area contributed by atoms with E-state index in [4.69, 9.17) is 9.47 Å². The van der Waals surface area contributed by atoms with Crippen molar-refractivity contribution < 1.29 is 27.5 Å². The number of carbonyl (C=O) groups excluding carboxylic acids is 2. The highest BCUT2D eigenvalue weighted by atomic mass is 32.2. The molecule has 2 rings (SSSR count). The van der Waals surface area contributed by atoms with Crippen LogP contribution in [0.2, 0.25) is 0 Å². The van der Waals surface area contributed by atoms with E-state index >= 15 is 0 Å². The van der Waals surface area contributed by atoms with Gasteiger partial charge in [-0.2, -0.15) is 0 Å². The Labute approximate surface area is 200 Å². The van der Waals surface area contributed by atoms with Gasteiger partial charge in [-0.25, -0.2) is 17.9 Å². The lowest BCUT2D eigenvalue weighted by molar-refractivity contribution is 0.0232. The van der Waals surface area contributed by atoms with E-state index in [0.29, 0.717) is 19.5 Å². The van der Waals surface area contributed by atoms with Crippen molar-refractivity contribution in [2.45, 2.75) is 44.2 Å². The van der Waals surface area contributed by atoms with Gasteiger partial charge in [0.2, 0.25) is 10.0 Å². The Morgan fingerprint density at radius 1 is 1.18 bits per heavy atom. The number of nitrogens with one attached hydrogen (secondary N) is 2. The number of pyridine rings is 1. The number of amides is 2. The van der Waals surface area contributed by atoms with Gasteiger partial charge in [-0.3, -0.25) is 9.78 Å². The molecule has 10 nitrogen and oxygen atoms in total. The predicted octanol–water partition coefficient (Wildman–Crippen LogP) is 2.56. The lowest BCUT2D eigenvalue weighted by Crippen LogP contribution is -2.38. The van der Waals surface area contributed by atoms with Gasteiger partial charge in [-0.1, -0.05) is 6.07 Å². The van der Waals surface area contributed by atoms with E-state index in [1.807, 2.05) is 6.07 Å². The Morgan fingerprint density at radius 2 is 1.91 bits per heavy atom. The van der Waals surface area contributed by atoms with Gasteiger partial charge >= 0.3 is 6.09 Å². The van der Waals surface area contributed by atoms with E-state index in [9.17, 15) is 18.0 Å². The van der Waals surface area contributed by atoms with E-state index in [2.05, 4.69) is 15.0 Å². The Kier molecular flexibility index (Phi) is 9.39. The van der Waals surface area contributed by atoms with Crippen LogP contribution in [0.3, 0.4) is 0 Å². The summed E-state index contributed by atoms with van der Waals surface area (Å²) >= 11 is 0. The highest BCUT2D eigenvalue weighted by Gasteiger charge is 2.23. The maximum Gasteiger partial charge on any atom is 0.410 e. The SMILES string of the molecule is CNS(=O)(=O)c1cc(C(=O)NCCCN(Cc2cccnc2)C(=O)OC(C)(C)C)ccc1OC. The summed E-state index contributed by atoms with van der Waals surface area (Å²) < 4.78 is 37.3. The summed E-state index contributed by atoms with van der Waals surface area (Å²) in [5.74, 6) is -0.305. The van der Waals surface area contributed by atoms with Gasteiger partial charge in [0.1, 0.15) is 16.2 Å². The Bertz CT molecular complexity index is 1080. The van der Waals surface area contributed by atoms with Crippen LogP contribution in [0.25, 0.3) is 0 Å². The molecule has 0 saturated heterocycles. The number of rotatable bonds is 10. The summed E-state index contributed by atoms with van der Waals surface area (Å²) in [6.07, 6.45) is 3.34. The van der Waals surface area contributed by atoms with Gasteiger partial charge in [0.15, 0.2) is 0 Å². The van der Waals surface area contributed by atoms with E-state index in [1.165, 1.54) is 32.4 Å². The smallest absolute Gasteiger partial charge is 0.410 e. The molecule has 0 spiro atoms. The average Bonchev–Trinajstić information content (AvgIpc) is 2.79. The summed E-state index contributed by atoms with van der Waals surface area (Å²) in [5, 5.41) is 2.75. The van der Waals surface area contributed by atoms with Crippen molar-refractivity contribution in [3.8, 4) is 5.75 Å². The van der Waals surface area contributed by atoms with Crippen LogP contribution in [-0.4, -0.2) is 63.2 Å². The molecule has 2 aromatic rings. The van der Waals surface area contributed by atoms with Crippen LogP contribution in [0.1, 0.15) is 43.1 Å². The molecule has 1 aromatic heterocycles. The molecule has 2 N–H and O–H groups in total. The molecule has 2 amide bonds. The number of benzene rings is 1. The first-order valence-corrected chi connectivity index (χ1v) is 12.2. The highest BCUT2D eigenvalue weighted by molar-refractivity contribution is 7.89. The fourth-order valence-corrected chi connectivity index (χ4v) is 3.90. The third kappa shape index (κ3) is 7.99. The summed E-state index contributed by atoms with van der Waals surface area (Å²) in [4.78, 5) is 30.7. The van der Waals surface area contributed by atoms with Crippen molar-refractivity contribution in [1.29, 1.82) is 0 Å². The number of methoxy groups -OCH3 is 1. The quantitative estimate of drug-likeness (QED) is 0.488. The second-order valence-corrected chi connectivity index (χ2v) is 10.3. The lowest BCUT2D eigenvalue weighted by Gasteiger charge is -2.27. The van der Waals surface area contributed by atoms with Crippen LogP contribution < -0.4 is 14.8 Å². The number of ether oxygens (including phenoxy) is 2. The first kappa shape index (κ1) is 27.1. The molecule has 0 aliphatic rings. The average molecular weight is 493 g/mol. The topological polar surface area (TPSA) is 127 Å². The van der Waals surface area contributed by atoms with Crippen molar-refractivity contribution >= 4 is 22.0 Å². The van der Waals surface area contributed by atoms with Crippen LogP contribution in [0.15, 0.2) is 47.6 Å². The normalized spacial score (nSPS) is 11.6. The summed E-state index contributed by atoms with van der Waals surface area (Å²) in [5.41, 5.74) is 0.390. The number of nitrogens with zero attached hydrogens (tertiary/aromatic N) is 2. The van der Waals surface area contributed by atoms with Gasteiger partial charge in [0, 0.05) is 31.0 Å². The molecular weight excluding hydrogens is 460 g/mol. The van der Waals surface area contributed by atoms with Gasteiger partial charge in [-0.15, -0.1) is 0 Å². The minimum absolute atomic E-state index is 0.127. The number of hydrogen-bond donors (Lipinski definition) is 2. The minimum atomic E-state index is -3.81. The molecule has 0 unspecified atom stereocenters. The number of aromatic nitrogens is 1. The Balaban J connectivity index is 2.02. The lowest BCUT2D eigenvalue weighted by atomic mass is 10.2. The second kappa shape index (κ2) is 11.8. The fourth-order valence-electron chi connectivity index (χ4n) is 2.99. The summed E-state index contributed by atoms with van der Waals surface area (Å²) in [6.45, 7) is 6.32. The molecule has 1 heterocycles. The molecule has 0 atom stereocenters. The molecule has 11 heteroatoms. The fraction of sp³-hybridized carbons (Fsp3) is 0.435. The Morgan fingerprint density at radius 3 is 2.50 bits per heavy atom. The third-order valence-corrected chi connectivity index (χ3v) is 6.06. The van der Waals surface area contributed by atoms with Crippen molar-refractivity contribution in [2.75, 3.05) is 27.2 Å². The molecule has 1 aromatic carbocycles. The van der Waals surface area contributed by atoms with E-state index in [-0.39, 0.29) is 22.8 Å². The van der Waals surface area contributed by atoms with Crippen LogP contribution in [-0.2, 0) is 21.3 Å². The molecule has 0 aliphatic heterocycles. The van der Waals surface area contributed by atoms with Crippen LogP contribution in [0, 0.1) is 0 Å². The van der Waals surface area contributed by atoms with E-state index < -0.39 is 27.6 Å². The maximum atomic E-state index is 12.7. The first-order chi connectivity index (χ1) is 16.0. The van der Waals surface area contributed by atoms with Gasteiger partial charge < -0.3 is 19.7 Å². The van der Waals surface area contributed by atoms with E-state index in [0.717, 1.165) is 5.56 Å². The van der Waals surface area contributed by atoms with Crippen molar-refractivity contribution in [3.63, 3.8) is 0 Å². The number of carbonyl (C=O) groups is 2. The maximum absolute atomic E-state index is 12.7. The first-order valence-electron chi connectivity index (χ1n) is 10.7. The largest absolute Gasteiger partial charge is 0.495 e. The second-order valence-electron chi connectivity index (χ2n) is 8.45. The highest BCUT2D eigenvalue weighted by Crippen LogP contribution is 2.24. The zero-order chi connectivity index (χ0) is 25.4. The molecule has 0 bridgehead atoms. The minimum Gasteiger partial charge on any atom is -0.495 e. The van der Waals surface area contributed by atoms with Crippen LogP contribution in [0.4, 0.5) is 4.79 Å². The molecular formula is C23H32N4O6S. The standard InChI is InChI=1S/C23H32N4O6S/c1-23(2,3)33-22(29)27(16-17-8-6-11-25-15-17)13-7-12-26-21(28)18-9-10-19(32-5)20(14-18)34(30,31)24-4/h6,8-11,14-15,24H,7,12-13,16H2,1-5H3,(H,26,28). The zero-order valence-electron chi connectivity index (χ0n) is 20.1. The van der Waals surface area contributed by atoms with E-state index in [1.54, 1.807) is 44.1 Å². The molecule has 186 valence electrons. The van der Waals surface area contributed by atoms with Crippen molar-refractivity contribution in [1.82, 2.24) is 19.9 Å². The van der Waals surface area contributed by atoms with Crippen LogP contribution >= 0.6 is 0 Å². The van der Waals surface area contributed by atoms with Crippen LogP contribution in [0.5, 0.6) is 5.75 Å². The summed E-state index contributed by atoms with van der Waals surface area (Å²) in [7, 11) is -1.17. The van der Waals surface area contributed by atoms with Crippen molar-refractivity contribution in [3.05, 3.63) is 53.9 Å². The Hall–Kier alpha value is -3.18. The molecule has 34 heavy (non-hydrogen) atoms. The van der Waals surface area contributed by atoms with Crippen molar-refractivity contribution in [2.24, 2.45) is 0 Å². The molecule has 0 fully saturated rings.